The lowest BCUT2D eigenvalue weighted by Crippen LogP contribution is -2.24. The highest BCUT2D eigenvalue weighted by molar-refractivity contribution is 7.91. The summed E-state index contributed by atoms with van der Waals surface area (Å²) in [6.07, 6.45) is 2.10. The van der Waals surface area contributed by atoms with E-state index in [1.165, 1.54) is 29.0 Å². The Morgan fingerprint density at radius 1 is 1.00 bits per heavy atom. The third-order valence-electron chi connectivity index (χ3n) is 5.84. The van der Waals surface area contributed by atoms with Crippen molar-refractivity contribution in [3.8, 4) is 11.5 Å². The molecule has 8 nitrogen and oxygen atoms in total. The third kappa shape index (κ3) is 4.26. The van der Waals surface area contributed by atoms with Gasteiger partial charge in [-0.3, -0.25) is 9.59 Å². The average Bonchev–Trinajstić information content (AvgIpc) is 3.33. The first-order chi connectivity index (χ1) is 16.9. The van der Waals surface area contributed by atoms with Crippen molar-refractivity contribution in [3.05, 3.63) is 88.7 Å². The normalized spacial score (nSPS) is 12.6. The maximum absolute atomic E-state index is 13.4. The number of carbonyl (C=O) groups is 1. The standard InChI is InChI=1S/C26H22N2O6S/c1-2-17-8-10-18(11-9-17)27-25(29)15-28-14-24(35(31,32)19-6-4-3-5-7-19)26(30)20-12-22-23(13-21(20)28)34-16-33-22/h3-14H,2,15-16H2,1H3,(H,27,29). The first-order valence-corrected chi connectivity index (χ1v) is 12.5. The number of sulfone groups is 1. The molecule has 5 rings (SSSR count). The minimum absolute atomic E-state index is 0.00999. The fourth-order valence-corrected chi connectivity index (χ4v) is 5.37. The van der Waals surface area contributed by atoms with E-state index in [0.717, 1.165) is 12.0 Å². The van der Waals surface area contributed by atoms with Crippen LogP contribution in [0, 0.1) is 0 Å². The van der Waals surface area contributed by atoms with Gasteiger partial charge in [-0.25, -0.2) is 8.42 Å². The van der Waals surface area contributed by atoms with Gasteiger partial charge >= 0.3 is 0 Å². The van der Waals surface area contributed by atoms with Crippen molar-refractivity contribution in [2.75, 3.05) is 12.1 Å². The minimum atomic E-state index is -4.14. The van der Waals surface area contributed by atoms with Crippen molar-refractivity contribution >= 4 is 32.3 Å². The maximum Gasteiger partial charge on any atom is 0.244 e. The van der Waals surface area contributed by atoms with Gasteiger partial charge in [0.1, 0.15) is 11.4 Å². The molecule has 3 aromatic carbocycles. The van der Waals surface area contributed by atoms with Crippen molar-refractivity contribution in [2.24, 2.45) is 0 Å². The Kier molecular flexibility index (Phi) is 5.78. The third-order valence-corrected chi connectivity index (χ3v) is 7.61. The molecule has 1 aromatic heterocycles. The summed E-state index contributed by atoms with van der Waals surface area (Å²) < 4.78 is 39.0. The van der Waals surface area contributed by atoms with Crippen LogP contribution in [0.4, 0.5) is 5.69 Å². The SMILES string of the molecule is CCc1ccc(NC(=O)Cn2cc(S(=O)(=O)c3ccccc3)c(=O)c3cc4c(cc32)OCO4)cc1. The van der Waals surface area contributed by atoms with E-state index < -0.39 is 20.2 Å². The predicted octanol–water partition coefficient (Wildman–Crippen LogP) is 3.76. The molecule has 0 spiro atoms. The summed E-state index contributed by atoms with van der Waals surface area (Å²) in [6, 6.07) is 18.2. The van der Waals surface area contributed by atoms with Gasteiger partial charge in [-0.1, -0.05) is 37.3 Å². The fourth-order valence-electron chi connectivity index (χ4n) is 3.98. The van der Waals surface area contributed by atoms with E-state index in [2.05, 4.69) is 5.32 Å². The van der Waals surface area contributed by atoms with Gasteiger partial charge < -0.3 is 19.4 Å². The Morgan fingerprint density at radius 2 is 1.69 bits per heavy atom. The number of hydrogen-bond acceptors (Lipinski definition) is 6. The highest BCUT2D eigenvalue weighted by atomic mass is 32.2. The highest BCUT2D eigenvalue weighted by Gasteiger charge is 2.26. The monoisotopic (exact) mass is 490 g/mol. The van der Waals surface area contributed by atoms with Gasteiger partial charge in [0.25, 0.3) is 0 Å². The number of ether oxygens (including phenoxy) is 2. The van der Waals surface area contributed by atoms with Crippen LogP contribution < -0.4 is 20.2 Å². The summed E-state index contributed by atoms with van der Waals surface area (Å²) in [5, 5.41) is 2.94. The summed E-state index contributed by atoms with van der Waals surface area (Å²) in [5.74, 6) is 0.385. The number of carbonyl (C=O) groups excluding carboxylic acids is 1. The van der Waals surface area contributed by atoms with Crippen LogP contribution in [0.25, 0.3) is 10.9 Å². The van der Waals surface area contributed by atoms with Crippen LogP contribution in [-0.2, 0) is 27.6 Å². The molecule has 4 aromatic rings. The zero-order valence-electron chi connectivity index (χ0n) is 18.9. The first kappa shape index (κ1) is 22.7. The Hall–Kier alpha value is -4.11. The van der Waals surface area contributed by atoms with E-state index in [1.54, 1.807) is 24.3 Å². The van der Waals surface area contributed by atoms with E-state index >= 15 is 0 Å². The molecule has 0 unspecified atom stereocenters. The van der Waals surface area contributed by atoms with E-state index in [4.69, 9.17) is 9.47 Å². The first-order valence-electron chi connectivity index (χ1n) is 11.0. The number of anilines is 1. The topological polar surface area (TPSA) is 104 Å². The molecule has 35 heavy (non-hydrogen) atoms. The van der Waals surface area contributed by atoms with Crippen LogP contribution in [0.5, 0.6) is 11.5 Å². The van der Waals surface area contributed by atoms with Crippen molar-refractivity contribution in [1.82, 2.24) is 4.57 Å². The summed E-state index contributed by atoms with van der Waals surface area (Å²) >= 11 is 0. The minimum Gasteiger partial charge on any atom is -0.454 e. The van der Waals surface area contributed by atoms with Gasteiger partial charge in [-0.2, -0.15) is 0 Å². The van der Waals surface area contributed by atoms with Gasteiger partial charge in [0.15, 0.2) is 11.5 Å². The van der Waals surface area contributed by atoms with Crippen LogP contribution in [0.1, 0.15) is 12.5 Å². The number of hydrogen-bond donors (Lipinski definition) is 1. The lowest BCUT2D eigenvalue weighted by atomic mass is 10.1. The largest absolute Gasteiger partial charge is 0.454 e. The zero-order valence-corrected chi connectivity index (χ0v) is 19.7. The van der Waals surface area contributed by atoms with E-state index in [1.807, 2.05) is 31.2 Å². The molecule has 1 amide bonds. The summed E-state index contributed by atoms with van der Waals surface area (Å²) in [6.45, 7) is 1.81. The second-order valence-electron chi connectivity index (χ2n) is 8.09. The summed E-state index contributed by atoms with van der Waals surface area (Å²) in [7, 11) is -4.14. The fraction of sp³-hybridized carbons (Fsp3) is 0.154. The maximum atomic E-state index is 13.4. The summed E-state index contributed by atoms with van der Waals surface area (Å²) in [4.78, 5) is 25.8. The van der Waals surface area contributed by atoms with Crippen LogP contribution in [0.2, 0.25) is 0 Å². The second kappa shape index (κ2) is 8.92. The van der Waals surface area contributed by atoms with Crippen LogP contribution >= 0.6 is 0 Å². The molecule has 0 atom stereocenters. The molecule has 0 bridgehead atoms. The van der Waals surface area contributed by atoms with Crippen LogP contribution in [-0.4, -0.2) is 25.7 Å². The van der Waals surface area contributed by atoms with Crippen LogP contribution in [0.3, 0.4) is 0 Å². The van der Waals surface area contributed by atoms with E-state index in [0.29, 0.717) is 22.7 Å². The van der Waals surface area contributed by atoms with Gasteiger partial charge in [0.05, 0.1) is 15.8 Å². The molecule has 0 fully saturated rings. The Bertz CT molecular complexity index is 1590. The van der Waals surface area contributed by atoms with Gasteiger partial charge in [0, 0.05) is 18.0 Å². The van der Waals surface area contributed by atoms with Gasteiger partial charge in [-0.15, -0.1) is 0 Å². The molecule has 1 N–H and O–H groups in total. The number of amides is 1. The highest BCUT2D eigenvalue weighted by Crippen LogP contribution is 2.35. The number of nitrogens with one attached hydrogen (secondary N) is 1. The number of aryl methyl sites for hydroxylation is 1. The Labute approximate surface area is 201 Å². The van der Waals surface area contributed by atoms with Gasteiger partial charge in [0.2, 0.25) is 28.0 Å². The molecular formula is C26H22N2O6S. The molecule has 0 saturated heterocycles. The Morgan fingerprint density at radius 3 is 2.37 bits per heavy atom. The van der Waals surface area contributed by atoms with E-state index in [9.17, 15) is 18.0 Å². The molecule has 0 radical (unpaired) electrons. The Balaban J connectivity index is 1.60. The van der Waals surface area contributed by atoms with Crippen molar-refractivity contribution in [3.63, 3.8) is 0 Å². The zero-order chi connectivity index (χ0) is 24.6. The quantitative estimate of drug-likeness (QED) is 0.441. The average molecular weight is 491 g/mol. The molecule has 178 valence electrons. The van der Waals surface area contributed by atoms with Crippen LogP contribution in [0.15, 0.2) is 87.5 Å². The lowest BCUT2D eigenvalue weighted by molar-refractivity contribution is -0.116. The molecule has 1 aliphatic heterocycles. The summed E-state index contributed by atoms with van der Waals surface area (Å²) in [5.41, 5.74) is 1.45. The second-order valence-corrected chi connectivity index (χ2v) is 10.0. The predicted molar refractivity (Wildman–Crippen MR) is 131 cm³/mol. The van der Waals surface area contributed by atoms with Gasteiger partial charge in [-0.05, 0) is 42.3 Å². The number of benzene rings is 3. The molecule has 1 aliphatic rings. The van der Waals surface area contributed by atoms with Crippen molar-refractivity contribution in [2.45, 2.75) is 29.7 Å². The number of aromatic nitrogens is 1. The molecule has 0 saturated carbocycles. The van der Waals surface area contributed by atoms with Crippen molar-refractivity contribution in [1.29, 1.82) is 0 Å². The lowest BCUT2D eigenvalue weighted by Gasteiger charge is -2.15. The molecule has 9 heteroatoms. The smallest absolute Gasteiger partial charge is 0.244 e. The number of fused-ring (bicyclic) bond motifs is 2. The molecule has 0 aliphatic carbocycles. The number of rotatable bonds is 6. The molecular weight excluding hydrogens is 468 g/mol. The number of nitrogens with zero attached hydrogens (tertiary/aromatic N) is 1. The number of pyridine rings is 1. The van der Waals surface area contributed by atoms with E-state index in [-0.39, 0.29) is 29.5 Å². The molecule has 2 heterocycles. The van der Waals surface area contributed by atoms with Crippen molar-refractivity contribution < 1.29 is 22.7 Å².